The van der Waals surface area contributed by atoms with E-state index in [0.717, 1.165) is 17.5 Å². The highest BCUT2D eigenvalue weighted by Crippen LogP contribution is 2.21. The highest BCUT2D eigenvalue weighted by Gasteiger charge is 2.31. The van der Waals surface area contributed by atoms with Gasteiger partial charge in [0.25, 0.3) is 5.91 Å². The van der Waals surface area contributed by atoms with Gasteiger partial charge in [-0.15, -0.1) is 0 Å². The lowest BCUT2D eigenvalue weighted by Gasteiger charge is -2.34. The molecule has 1 N–H and O–H groups in total. The average Bonchev–Trinajstić information content (AvgIpc) is 2.82. The van der Waals surface area contributed by atoms with Gasteiger partial charge in [-0.1, -0.05) is 29.8 Å². The lowest BCUT2D eigenvalue weighted by Crippen LogP contribution is -2.48. The molecule has 2 aromatic rings. The van der Waals surface area contributed by atoms with Crippen molar-refractivity contribution < 1.29 is 18.8 Å². The molecule has 1 unspecified atom stereocenters. The zero-order chi connectivity index (χ0) is 23.1. The Labute approximate surface area is 188 Å². The summed E-state index contributed by atoms with van der Waals surface area (Å²) in [7, 11) is 0. The number of piperidine rings is 1. The third kappa shape index (κ3) is 6.15. The van der Waals surface area contributed by atoms with E-state index < -0.39 is 0 Å². The largest absolute Gasteiger partial charge is 0.350 e. The molecule has 1 aliphatic heterocycles. The molecule has 1 atom stereocenters. The Morgan fingerprint density at radius 1 is 1.09 bits per heavy atom. The molecular formula is C25H30FN3O3. The van der Waals surface area contributed by atoms with Crippen LogP contribution in [0, 0.1) is 18.7 Å². The number of nitrogens with one attached hydrogen (secondary N) is 1. The summed E-state index contributed by atoms with van der Waals surface area (Å²) < 4.78 is 13.0. The van der Waals surface area contributed by atoms with Crippen LogP contribution in [0.3, 0.4) is 0 Å². The molecular weight excluding hydrogens is 409 g/mol. The predicted molar refractivity (Wildman–Crippen MR) is 120 cm³/mol. The Kier molecular flexibility index (Phi) is 7.98. The van der Waals surface area contributed by atoms with Gasteiger partial charge in [-0.3, -0.25) is 14.4 Å². The number of carbonyl (C=O) groups excluding carboxylic acids is 3. The van der Waals surface area contributed by atoms with Crippen molar-refractivity contribution in [3.8, 4) is 0 Å². The van der Waals surface area contributed by atoms with Gasteiger partial charge in [0, 0.05) is 31.7 Å². The van der Waals surface area contributed by atoms with Gasteiger partial charge in [-0.05, 0) is 56.5 Å². The molecule has 0 bridgehead atoms. The molecule has 7 heteroatoms. The lowest BCUT2D eigenvalue weighted by molar-refractivity contribution is -0.140. The summed E-state index contributed by atoms with van der Waals surface area (Å²) in [4.78, 5) is 41.6. The van der Waals surface area contributed by atoms with E-state index >= 15 is 0 Å². The van der Waals surface area contributed by atoms with Crippen molar-refractivity contribution >= 4 is 17.7 Å². The molecule has 3 amide bonds. The van der Waals surface area contributed by atoms with Crippen molar-refractivity contribution in [1.29, 1.82) is 0 Å². The Morgan fingerprint density at radius 3 is 2.44 bits per heavy atom. The minimum atomic E-state index is -0.329. The van der Waals surface area contributed by atoms with Crippen LogP contribution in [0.5, 0.6) is 0 Å². The topological polar surface area (TPSA) is 69.7 Å². The third-order valence-electron chi connectivity index (χ3n) is 5.79. The maximum absolute atomic E-state index is 13.1. The van der Waals surface area contributed by atoms with Crippen molar-refractivity contribution in [2.45, 2.75) is 33.2 Å². The first-order chi connectivity index (χ1) is 15.4. The number of likely N-dealkylation sites (N-methyl/N-ethyl adjacent to an activating group) is 1. The quantitative estimate of drug-likeness (QED) is 0.721. The standard InChI is InChI=1S/C25H30FN3O3/c1-3-28(17-23(30)27-15-19-8-12-22(26)13-9-19)25(32)21-5-4-14-29(16-21)24(31)20-10-6-18(2)7-11-20/h6-13,21H,3-5,14-17H2,1-2H3,(H,27,30). The highest BCUT2D eigenvalue weighted by molar-refractivity contribution is 5.95. The number of rotatable bonds is 7. The van der Waals surface area contributed by atoms with Crippen LogP contribution in [0.2, 0.25) is 0 Å². The molecule has 3 rings (SSSR count). The van der Waals surface area contributed by atoms with Gasteiger partial charge in [0.1, 0.15) is 5.82 Å². The minimum Gasteiger partial charge on any atom is -0.350 e. The van der Waals surface area contributed by atoms with Crippen molar-refractivity contribution in [1.82, 2.24) is 15.1 Å². The number of carbonyl (C=O) groups is 3. The molecule has 6 nitrogen and oxygen atoms in total. The number of nitrogens with zero attached hydrogens (tertiary/aromatic N) is 2. The molecule has 0 aromatic heterocycles. The fourth-order valence-corrected chi connectivity index (χ4v) is 3.88. The van der Waals surface area contributed by atoms with Gasteiger partial charge in [-0.2, -0.15) is 0 Å². The summed E-state index contributed by atoms with van der Waals surface area (Å²) in [5.74, 6) is -1.09. The van der Waals surface area contributed by atoms with Gasteiger partial charge in [0.2, 0.25) is 11.8 Å². The molecule has 1 saturated heterocycles. The second-order valence-corrected chi connectivity index (χ2v) is 8.21. The average molecular weight is 440 g/mol. The Bertz CT molecular complexity index is 944. The van der Waals surface area contributed by atoms with E-state index in [0.29, 0.717) is 31.6 Å². The number of halogens is 1. The first-order valence-electron chi connectivity index (χ1n) is 11.0. The normalized spacial score (nSPS) is 15.8. The first-order valence-corrected chi connectivity index (χ1v) is 11.0. The SMILES string of the molecule is CCN(CC(=O)NCc1ccc(F)cc1)C(=O)C1CCCN(C(=O)c2ccc(C)cc2)C1. The molecule has 1 fully saturated rings. The van der Waals surface area contributed by atoms with Crippen molar-refractivity contribution in [3.63, 3.8) is 0 Å². The minimum absolute atomic E-state index is 0.0427. The molecule has 32 heavy (non-hydrogen) atoms. The van der Waals surface area contributed by atoms with Crippen LogP contribution in [-0.2, 0) is 16.1 Å². The predicted octanol–water partition coefficient (Wildman–Crippen LogP) is 3.15. The van der Waals surface area contributed by atoms with Crippen LogP contribution in [0.25, 0.3) is 0 Å². The fourth-order valence-electron chi connectivity index (χ4n) is 3.88. The molecule has 2 aromatic carbocycles. The molecule has 0 saturated carbocycles. The Morgan fingerprint density at radius 2 is 1.78 bits per heavy atom. The molecule has 0 aliphatic carbocycles. The highest BCUT2D eigenvalue weighted by atomic mass is 19.1. The van der Waals surface area contributed by atoms with Gasteiger partial charge in [0.15, 0.2) is 0 Å². The van der Waals surface area contributed by atoms with Gasteiger partial charge < -0.3 is 15.1 Å². The van der Waals surface area contributed by atoms with Crippen molar-refractivity contribution in [3.05, 3.63) is 71.0 Å². The molecule has 1 aliphatic rings. The second-order valence-electron chi connectivity index (χ2n) is 8.21. The number of likely N-dealkylation sites (tertiary alicyclic amines) is 1. The van der Waals surface area contributed by atoms with E-state index in [-0.39, 0.29) is 42.5 Å². The molecule has 0 spiro atoms. The van der Waals surface area contributed by atoms with Crippen LogP contribution in [0.15, 0.2) is 48.5 Å². The monoisotopic (exact) mass is 439 g/mol. The summed E-state index contributed by atoms with van der Waals surface area (Å²) >= 11 is 0. The molecule has 1 heterocycles. The number of hydrogen-bond acceptors (Lipinski definition) is 3. The smallest absolute Gasteiger partial charge is 0.253 e. The number of aryl methyl sites for hydroxylation is 1. The van der Waals surface area contributed by atoms with Crippen LogP contribution >= 0.6 is 0 Å². The van der Waals surface area contributed by atoms with Gasteiger partial charge in [0.05, 0.1) is 12.5 Å². The van der Waals surface area contributed by atoms with Gasteiger partial charge in [-0.25, -0.2) is 4.39 Å². The summed E-state index contributed by atoms with van der Waals surface area (Å²) in [6.45, 7) is 5.43. The Hall–Kier alpha value is -3.22. The number of benzene rings is 2. The van der Waals surface area contributed by atoms with Crippen LogP contribution in [0.4, 0.5) is 4.39 Å². The zero-order valence-electron chi connectivity index (χ0n) is 18.6. The summed E-state index contributed by atoms with van der Waals surface area (Å²) in [5, 5.41) is 2.77. The fraction of sp³-hybridized carbons (Fsp3) is 0.400. The molecule has 0 radical (unpaired) electrons. The first kappa shape index (κ1) is 23.4. The van der Waals surface area contributed by atoms with Crippen LogP contribution in [0.1, 0.15) is 41.3 Å². The summed E-state index contributed by atoms with van der Waals surface area (Å²) in [6.07, 6.45) is 1.45. The van der Waals surface area contributed by atoms with Crippen molar-refractivity contribution in [2.24, 2.45) is 5.92 Å². The zero-order valence-corrected chi connectivity index (χ0v) is 18.6. The number of hydrogen-bond donors (Lipinski definition) is 1. The maximum Gasteiger partial charge on any atom is 0.253 e. The van der Waals surface area contributed by atoms with E-state index in [2.05, 4.69) is 5.32 Å². The summed E-state index contributed by atoms with van der Waals surface area (Å²) in [5.41, 5.74) is 2.49. The van der Waals surface area contributed by atoms with Gasteiger partial charge >= 0.3 is 0 Å². The number of amides is 3. The third-order valence-corrected chi connectivity index (χ3v) is 5.79. The van der Waals surface area contributed by atoms with E-state index in [9.17, 15) is 18.8 Å². The van der Waals surface area contributed by atoms with E-state index in [1.165, 1.54) is 17.0 Å². The maximum atomic E-state index is 13.1. The van der Waals surface area contributed by atoms with Crippen LogP contribution < -0.4 is 5.32 Å². The van der Waals surface area contributed by atoms with E-state index in [1.807, 2.05) is 38.1 Å². The van der Waals surface area contributed by atoms with E-state index in [1.54, 1.807) is 17.0 Å². The Balaban J connectivity index is 1.55. The second kappa shape index (κ2) is 10.9. The van der Waals surface area contributed by atoms with Crippen LogP contribution in [-0.4, -0.2) is 53.7 Å². The lowest BCUT2D eigenvalue weighted by atomic mass is 9.95. The summed E-state index contributed by atoms with van der Waals surface area (Å²) in [6, 6.07) is 13.3. The molecule has 170 valence electrons. The van der Waals surface area contributed by atoms with Crippen molar-refractivity contribution in [2.75, 3.05) is 26.2 Å². The van der Waals surface area contributed by atoms with E-state index in [4.69, 9.17) is 0 Å².